The molecule has 0 saturated carbocycles. The molecule has 0 spiro atoms. The van der Waals surface area contributed by atoms with Gasteiger partial charge in [0.05, 0.1) is 6.10 Å². The van der Waals surface area contributed by atoms with Crippen molar-refractivity contribution < 1.29 is 13.5 Å². The maximum absolute atomic E-state index is 13.7. The second-order valence-electron chi connectivity index (χ2n) is 4.30. The highest BCUT2D eigenvalue weighted by Gasteiger charge is 2.23. The van der Waals surface area contributed by atoms with Gasteiger partial charge in [-0.2, -0.15) is 0 Å². The van der Waals surface area contributed by atoms with Gasteiger partial charge < -0.3 is 15.0 Å². The second kappa shape index (κ2) is 5.48. The van der Waals surface area contributed by atoms with Gasteiger partial charge in [-0.3, -0.25) is 0 Å². The monoisotopic (exact) mass is 257 g/mol. The first kappa shape index (κ1) is 13.0. The topological polar surface area (TPSA) is 37.4 Å². The van der Waals surface area contributed by atoms with Crippen molar-refractivity contribution in [3.05, 3.63) is 17.7 Å². The van der Waals surface area contributed by atoms with Gasteiger partial charge in [0.25, 0.3) is 0 Å². The van der Waals surface area contributed by atoms with Crippen LogP contribution in [0.15, 0.2) is 6.07 Å². The van der Waals surface area contributed by atoms with Crippen LogP contribution in [-0.4, -0.2) is 38.3 Å². The van der Waals surface area contributed by atoms with Gasteiger partial charge in [-0.1, -0.05) is 0 Å². The molecule has 6 heteroatoms. The highest BCUT2D eigenvalue weighted by atomic mass is 19.1. The number of hydrogen-bond acceptors (Lipinski definition) is 4. The number of pyridine rings is 1. The lowest BCUT2D eigenvalue weighted by Crippen LogP contribution is -2.37. The minimum Gasteiger partial charge on any atom is -0.381 e. The fraction of sp³-hybridized carbons (Fsp3) is 0.583. The molecule has 0 radical (unpaired) electrons. The van der Waals surface area contributed by atoms with E-state index >= 15 is 0 Å². The highest BCUT2D eigenvalue weighted by Crippen LogP contribution is 2.25. The Labute approximate surface area is 105 Å². The van der Waals surface area contributed by atoms with Crippen molar-refractivity contribution in [2.75, 3.05) is 37.5 Å². The number of nitrogens with zero attached hydrogens (tertiary/aromatic N) is 2. The van der Waals surface area contributed by atoms with Crippen LogP contribution in [0.5, 0.6) is 0 Å². The number of rotatable bonds is 3. The molecule has 0 amide bonds. The van der Waals surface area contributed by atoms with Crippen LogP contribution >= 0.6 is 0 Å². The summed E-state index contributed by atoms with van der Waals surface area (Å²) in [5.74, 6) is -1.02. The van der Waals surface area contributed by atoms with E-state index in [-0.39, 0.29) is 17.7 Å². The number of aromatic nitrogens is 1. The molecule has 100 valence electrons. The summed E-state index contributed by atoms with van der Waals surface area (Å²) in [4.78, 5) is 5.81. The van der Waals surface area contributed by atoms with Crippen LogP contribution in [-0.2, 0) is 4.74 Å². The minimum atomic E-state index is -0.675. The fourth-order valence-corrected chi connectivity index (χ4v) is 2.16. The molecule has 1 aromatic heterocycles. The van der Waals surface area contributed by atoms with Gasteiger partial charge in [0, 0.05) is 33.3 Å². The Morgan fingerprint density at radius 3 is 2.56 bits per heavy atom. The number of ether oxygens (including phenoxy) is 1. The number of halogens is 2. The van der Waals surface area contributed by atoms with Crippen molar-refractivity contribution >= 4 is 11.6 Å². The average molecular weight is 257 g/mol. The molecule has 1 N–H and O–H groups in total. The molecule has 1 saturated heterocycles. The standard InChI is InChI=1S/C12H17F2N3O/c1-15-11-9(13)7-10(14)12(16-11)17-5-3-8(18-2)4-6-17/h7-8H,3-6H2,1-2H3,(H,15,16). The van der Waals surface area contributed by atoms with Crippen LogP contribution in [0.4, 0.5) is 20.4 Å². The predicted molar refractivity (Wildman–Crippen MR) is 65.9 cm³/mol. The number of piperidine rings is 1. The van der Waals surface area contributed by atoms with E-state index in [0.29, 0.717) is 13.1 Å². The first-order valence-corrected chi connectivity index (χ1v) is 5.97. The molecule has 1 fully saturated rings. The molecule has 1 aliphatic rings. The number of anilines is 2. The molecule has 2 rings (SSSR count). The third-order valence-electron chi connectivity index (χ3n) is 3.22. The first-order valence-electron chi connectivity index (χ1n) is 5.97. The van der Waals surface area contributed by atoms with Crippen LogP contribution in [0.2, 0.25) is 0 Å². The maximum Gasteiger partial charge on any atom is 0.168 e. The van der Waals surface area contributed by atoms with Crippen LogP contribution < -0.4 is 10.2 Å². The van der Waals surface area contributed by atoms with Gasteiger partial charge in [-0.15, -0.1) is 0 Å². The van der Waals surface area contributed by atoms with Gasteiger partial charge >= 0.3 is 0 Å². The summed E-state index contributed by atoms with van der Waals surface area (Å²) in [5, 5.41) is 2.62. The SMILES string of the molecule is CNc1nc(N2CCC(OC)CC2)c(F)cc1F. The smallest absolute Gasteiger partial charge is 0.168 e. The van der Waals surface area contributed by atoms with Crippen LogP contribution in [0.3, 0.4) is 0 Å². The lowest BCUT2D eigenvalue weighted by atomic mass is 10.1. The van der Waals surface area contributed by atoms with Crippen LogP contribution in [0, 0.1) is 11.6 Å². The average Bonchev–Trinajstić information content (AvgIpc) is 2.39. The van der Waals surface area contributed by atoms with Gasteiger partial charge in [0.2, 0.25) is 0 Å². The quantitative estimate of drug-likeness (QED) is 0.899. The summed E-state index contributed by atoms with van der Waals surface area (Å²) in [6.45, 7) is 1.33. The molecule has 1 aromatic rings. The number of hydrogen-bond donors (Lipinski definition) is 1. The van der Waals surface area contributed by atoms with Gasteiger partial charge in [-0.05, 0) is 12.8 Å². The van der Waals surface area contributed by atoms with E-state index in [1.54, 1.807) is 14.2 Å². The summed E-state index contributed by atoms with van der Waals surface area (Å²) in [6, 6.07) is 0.872. The molecule has 0 aromatic carbocycles. The Morgan fingerprint density at radius 1 is 1.33 bits per heavy atom. The maximum atomic E-state index is 13.7. The van der Waals surface area contributed by atoms with Crippen molar-refractivity contribution in [1.29, 1.82) is 0 Å². The molecule has 0 unspecified atom stereocenters. The normalized spacial score (nSPS) is 17.0. The van der Waals surface area contributed by atoms with Crippen molar-refractivity contribution in [3.63, 3.8) is 0 Å². The summed E-state index contributed by atoms with van der Waals surface area (Å²) in [5.41, 5.74) is 0. The molecule has 0 aliphatic carbocycles. The molecular formula is C12H17F2N3O. The zero-order valence-corrected chi connectivity index (χ0v) is 10.5. The van der Waals surface area contributed by atoms with Gasteiger partial charge in [0.1, 0.15) is 0 Å². The predicted octanol–water partition coefficient (Wildman–Crippen LogP) is 2.02. The molecular weight excluding hydrogens is 240 g/mol. The Kier molecular flexibility index (Phi) is 3.96. The highest BCUT2D eigenvalue weighted by molar-refractivity contribution is 5.49. The number of methoxy groups -OCH3 is 1. The first-order chi connectivity index (χ1) is 8.65. The largest absolute Gasteiger partial charge is 0.381 e. The van der Waals surface area contributed by atoms with Crippen molar-refractivity contribution in [2.45, 2.75) is 18.9 Å². The molecule has 4 nitrogen and oxygen atoms in total. The molecule has 18 heavy (non-hydrogen) atoms. The van der Waals surface area contributed by atoms with Crippen LogP contribution in [0.25, 0.3) is 0 Å². The van der Waals surface area contributed by atoms with E-state index in [0.717, 1.165) is 18.9 Å². The zero-order valence-electron chi connectivity index (χ0n) is 10.5. The summed E-state index contributed by atoms with van der Waals surface area (Å²) in [7, 11) is 3.24. The van der Waals surface area contributed by atoms with E-state index in [1.165, 1.54) is 0 Å². The lowest BCUT2D eigenvalue weighted by molar-refractivity contribution is 0.0816. The van der Waals surface area contributed by atoms with Crippen molar-refractivity contribution in [2.24, 2.45) is 0 Å². The fourth-order valence-electron chi connectivity index (χ4n) is 2.16. The van der Waals surface area contributed by atoms with E-state index in [1.807, 2.05) is 4.90 Å². The van der Waals surface area contributed by atoms with Gasteiger partial charge in [0.15, 0.2) is 23.3 Å². The van der Waals surface area contributed by atoms with Crippen LogP contribution in [0.1, 0.15) is 12.8 Å². The minimum absolute atomic E-state index is 0.0697. The second-order valence-corrected chi connectivity index (χ2v) is 4.30. The van der Waals surface area contributed by atoms with E-state index in [4.69, 9.17) is 4.74 Å². The Hall–Kier alpha value is -1.43. The van der Waals surface area contributed by atoms with Crippen molar-refractivity contribution in [3.8, 4) is 0 Å². The zero-order chi connectivity index (χ0) is 13.1. The molecule has 0 atom stereocenters. The van der Waals surface area contributed by atoms with E-state index in [2.05, 4.69) is 10.3 Å². The Bertz CT molecular complexity index is 420. The number of nitrogens with one attached hydrogen (secondary N) is 1. The summed E-state index contributed by atoms with van der Waals surface area (Å²) in [6.07, 6.45) is 1.86. The molecule has 2 heterocycles. The third-order valence-corrected chi connectivity index (χ3v) is 3.22. The summed E-state index contributed by atoms with van der Waals surface area (Å²) < 4.78 is 32.3. The lowest BCUT2D eigenvalue weighted by Gasteiger charge is -2.32. The van der Waals surface area contributed by atoms with Gasteiger partial charge in [-0.25, -0.2) is 13.8 Å². The van der Waals surface area contributed by atoms with E-state index < -0.39 is 11.6 Å². The summed E-state index contributed by atoms with van der Waals surface area (Å²) >= 11 is 0. The molecule has 0 bridgehead atoms. The van der Waals surface area contributed by atoms with Crippen molar-refractivity contribution in [1.82, 2.24) is 4.98 Å². The third kappa shape index (κ3) is 2.53. The van der Waals surface area contributed by atoms with E-state index in [9.17, 15) is 8.78 Å². The Balaban J connectivity index is 2.18. The Morgan fingerprint density at radius 2 is 2.00 bits per heavy atom. The molecule has 1 aliphatic heterocycles.